The summed E-state index contributed by atoms with van der Waals surface area (Å²) in [6, 6.07) is -1.17. The lowest BCUT2D eigenvalue weighted by Crippen LogP contribution is -2.61. The Morgan fingerprint density at radius 3 is 2.26 bits per heavy atom. The Balaban J connectivity index is 2.52. The quantitative estimate of drug-likeness (QED) is 0.199. The van der Waals surface area contributed by atoms with Crippen LogP contribution in [0.25, 0.3) is 0 Å². The van der Waals surface area contributed by atoms with E-state index in [1.165, 1.54) is 6.92 Å². The Morgan fingerprint density at radius 1 is 1.06 bits per heavy atom. The van der Waals surface area contributed by atoms with Gasteiger partial charge in [-0.2, -0.15) is 0 Å². The lowest BCUT2D eigenvalue weighted by atomic mass is 9.88. The summed E-state index contributed by atoms with van der Waals surface area (Å²) in [5.41, 5.74) is -0.406. The van der Waals surface area contributed by atoms with E-state index in [0.717, 1.165) is 0 Å². The SMILES string of the molecule is CC(=O)NC(CO)C(=O)NCC1O[C@@H](OCCCCC(=O)C(C)(C)C)C(O)[C@@H](O)[C@H]1O. The highest BCUT2D eigenvalue weighted by Crippen LogP contribution is 2.23. The van der Waals surface area contributed by atoms with E-state index in [2.05, 4.69) is 10.6 Å². The summed E-state index contributed by atoms with van der Waals surface area (Å²) in [6.45, 7) is 6.04. The van der Waals surface area contributed by atoms with Crippen molar-refractivity contribution in [2.75, 3.05) is 19.8 Å². The van der Waals surface area contributed by atoms with Gasteiger partial charge in [-0.1, -0.05) is 20.8 Å². The molecule has 1 rings (SSSR count). The first-order valence-corrected chi connectivity index (χ1v) is 10.4. The molecule has 6 N–H and O–H groups in total. The molecular weight excluding hydrogens is 412 g/mol. The van der Waals surface area contributed by atoms with Crippen molar-refractivity contribution in [2.24, 2.45) is 5.41 Å². The van der Waals surface area contributed by atoms with Crippen molar-refractivity contribution in [3.63, 3.8) is 0 Å². The molecule has 180 valence electrons. The molecule has 31 heavy (non-hydrogen) atoms. The predicted octanol–water partition coefficient (Wildman–Crippen LogP) is -1.79. The maximum absolute atomic E-state index is 12.1. The Kier molecular flexibility index (Phi) is 11.0. The van der Waals surface area contributed by atoms with Crippen molar-refractivity contribution in [1.29, 1.82) is 0 Å². The van der Waals surface area contributed by atoms with E-state index in [4.69, 9.17) is 9.47 Å². The number of ether oxygens (including phenoxy) is 2. The number of aliphatic hydroxyl groups is 4. The molecule has 0 aromatic heterocycles. The molecule has 1 fully saturated rings. The van der Waals surface area contributed by atoms with Crippen LogP contribution in [0.2, 0.25) is 0 Å². The summed E-state index contributed by atoms with van der Waals surface area (Å²) in [6.07, 6.45) is -5.35. The third-order valence-corrected chi connectivity index (χ3v) is 4.94. The summed E-state index contributed by atoms with van der Waals surface area (Å²) >= 11 is 0. The van der Waals surface area contributed by atoms with Crippen molar-refractivity contribution in [3.05, 3.63) is 0 Å². The number of rotatable bonds is 11. The number of aliphatic hydroxyl groups excluding tert-OH is 4. The molecule has 0 radical (unpaired) electrons. The van der Waals surface area contributed by atoms with Crippen LogP contribution >= 0.6 is 0 Å². The van der Waals surface area contributed by atoms with E-state index < -0.39 is 60.6 Å². The number of carbonyl (C=O) groups is 3. The van der Waals surface area contributed by atoms with Gasteiger partial charge in [-0.3, -0.25) is 14.4 Å². The van der Waals surface area contributed by atoms with Gasteiger partial charge in [0.05, 0.1) is 6.61 Å². The van der Waals surface area contributed by atoms with Gasteiger partial charge >= 0.3 is 0 Å². The molecule has 0 aromatic rings. The second kappa shape index (κ2) is 12.4. The van der Waals surface area contributed by atoms with Gasteiger partial charge in [-0.25, -0.2) is 0 Å². The van der Waals surface area contributed by atoms with E-state index >= 15 is 0 Å². The molecule has 3 unspecified atom stereocenters. The maximum Gasteiger partial charge on any atom is 0.245 e. The van der Waals surface area contributed by atoms with E-state index in [-0.39, 0.29) is 18.9 Å². The van der Waals surface area contributed by atoms with Gasteiger partial charge in [0.1, 0.15) is 36.2 Å². The first kappa shape index (κ1) is 27.4. The number of carbonyl (C=O) groups excluding carboxylic acids is 3. The lowest BCUT2D eigenvalue weighted by Gasteiger charge is -2.40. The zero-order chi connectivity index (χ0) is 23.8. The third-order valence-electron chi connectivity index (χ3n) is 4.94. The minimum atomic E-state index is -1.56. The molecule has 0 aliphatic carbocycles. The van der Waals surface area contributed by atoms with Gasteiger partial charge in [0.25, 0.3) is 0 Å². The molecule has 0 spiro atoms. The second-order valence-electron chi connectivity index (χ2n) is 8.70. The highest BCUT2D eigenvalue weighted by molar-refractivity contribution is 5.86. The van der Waals surface area contributed by atoms with Crippen LogP contribution in [-0.2, 0) is 23.9 Å². The monoisotopic (exact) mass is 448 g/mol. The van der Waals surface area contributed by atoms with Gasteiger partial charge in [-0.15, -0.1) is 0 Å². The number of nitrogens with one attached hydrogen (secondary N) is 2. The smallest absolute Gasteiger partial charge is 0.245 e. The highest BCUT2D eigenvalue weighted by atomic mass is 16.7. The van der Waals surface area contributed by atoms with Gasteiger partial charge in [0.15, 0.2) is 6.29 Å². The predicted molar refractivity (Wildman–Crippen MR) is 109 cm³/mol. The second-order valence-corrected chi connectivity index (χ2v) is 8.70. The van der Waals surface area contributed by atoms with Gasteiger partial charge in [-0.05, 0) is 12.8 Å². The van der Waals surface area contributed by atoms with Crippen LogP contribution in [0.3, 0.4) is 0 Å². The number of amides is 2. The molecule has 1 aliphatic heterocycles. The normalized spacial score (nSPS) is 27.4. The number of hydrogen-bond donors (Lipinski definition) is 6. The van der Waals surface area contributed by atoms with E-state index in [9.17, 15) is 34.8 Å². The van der Waals surface area contributed by atoms with Crippen molar-refractivity contribution in [2.45, 2.75) is 83.7 Å². The van der Waals surface area contributed by atoms with Crippen molar-refractivity contribution < 1.29 is 44.3 Å². The summed E-state index contributed by atoms with van der Waals surface area (Å²) < 4.78 is 11.0. The van der Waals surface area contributed by atoms with Crippen molar-refractivity contribution >= 4 is 17.6 Å². The van der Waals surface area contributed by atoms with E-state index in [0.29, 0.717) is 19.3 Å². The Hall–Kier alpha value is -1.63. The summed E-state index contributed by atoms with van der Waals surface area (Å²) in [5.74, 6) is -1.06. The summed E-state index contributed by atoms with van der Waals surface area (Å²) in [5, 5.41) is 44.2. The first-order chi connectivity index (χ1) is 14.4. The van der Waals surface area contributed by atoms with Crippen LogP contribution in [0.5, 0.6) is 0 Å². The Bertz CT molecular complexity index is 608. The molecule has 0 saturated carbocycles. The molecule has 1 heterocycles. The molecule has 11 heteroatoms. The molecular formula is C20H36N2O9. The Morgan fingerprint density at radius 2 is 1.71 bits per heavy atom. The maximum atomic E-state index is 12.1. The molecule has 1 saturated heterocycles. The van der Waals surface area contributed by atoms with Crippen LogP contribution in [-0.4, -0.2) is 94.5 Å². The molecule has 0 bridgehead atoms. The molecule has 2 amide bonds. The summed E-state index contributed by atoms with van der Waals surface area (Å²) in [7, 11) is 0. The van der Waals surface area contributed by atoms with Crippen molar-refractivity contribution in [1.82, 2.24) is 10.6 Å². The average Bonchev–Trinajstić information content (AvgIpc) is 2.69. The molecule has 1 aliphatic rings. The fourth-order valence-electron chi connectivity index (χ4n) is 2.95. The molecule has 6 atom stereocenters. The minimum Gasteiger partial charge on any atom is -0.394 e. The van der Waals surface area contributed by atoms with E-state index in [1.807, 2.05) is 20.8 Å². The van der Waals surface area contributed by atoms with Gasteiger partial charge in [0.2, 0.25) is 11.8 Å². The van der Waals surface area contributed by atoms with E-state index in [1.54, 1.807) is 0 Å². The fraction of sp³-hybridized carbons (Fsp3) is 0.850. The van der Waals surface area contributed by atoms with Crippen LogP contribution in [0.15, 0.2) is 0 Å². The van der Waals surface area contributed by atoms with Gasteiger partial charge < -0.3 is 40.5 Å². The average molecular weight is 449 g/mol. The third kappa shape index (κ3) is 8.79. The number of unbranched alkanes of at least 4 members (excludes halogenated alkanes) is 1. The first-order valence-electron chi connectivity index (χ1n) is 10.4. The lowest BCUT2D eigenvalue weighted by molar-refractivity contribution is -0.295. The number of hydrogen-bond acceptors (Lipinski definition) is 9. The summed E-state index contributed by atoms with van der Waals surface area (Å²) in [4.78, 5) is 35.0. The highest BCUT2D eigenvalue weighted by Gasteiger charge is 2.44. The molecule has 0 aromatic carbocycles. The number of Topliss-reactive ketones (excluding diaryl/α,β-unsaturated/α-hetero) is 1. The Labute approximate surface area is 182 Å². The standard InChI is InChI=1S/C20H36N2O9/c1-11(24)22-12(10-23)18(29)21-9-13-15(26)16(27)17(28)19(31-13)30-8-6-5-7-14(25)20(2,3)4/h12-13,15-17,19,23,26-28H,5-10H2,1-4H3,(H,21,29)(H,22,24)/t12?,13?,15-,16-,17?,19+/m0/s1. The molecule has 11 nitrogen and oxygen atoms in total. The minimum absolute atomic E-state index is 0.135. The fourth-order valence-corrected chi connectivity index (χ4v) is 2.95. The zero-order valence-electron chi connectivity index (χ0n) is 18.5. The zero-order valence-corrected chi connectivity index (χ0v) is 18.5. The van der Waals surface area contributed by atoms with Crippen LogP contribution in [0, 0.1) is 5.41 Å². The topological polar surface area (TPSA) is 175 Å². The van der Waals surface area contributed by atoms with Crippen molar-refractivity contribution in [3.8, 4) is 0 Å². The largest absolute Gasteiger partial charge is 0.394 e. The van der Waals surface area contributed by atoms with Gasteiger partial charge in [0, 0.05) is 31.9 Å². The van der Waals surface area contributed by atoms with Crippen LogP contribution in [0.1, 0.15) is 47.0 Å². The van der Waals surface area contributed by atoms with Crippen LogP contribution in [0.4, 0.5) is 0 Å². The number of ketones is 1. The van der Waals surface area contributed by atoms with Crippen LogP contribution < -0.4 is 10.6 Å².